The van der Waals surface area contributed by atoms with E-state index in [0.717, 1.165) is 0 Å². The number of para-hydroxylation sites is 2. The predicted octanol–water partition coefficient (Wildman–Crippen LogP) is 4.57. The summed E-state index contributed by atoms with van der Waals surface area (Å²) in [6, 6.07) is 17.3. The fourth-order valence-electron chi connectivity index (χ4n) is 2.51. The van der Waals surface area contributed by atoms with Crippen LogP contribution in [0.2, 0.25) is 0 Å². The topological polar surface area (TPSA) is 24.1 Å². The average Bonchev–Trinajstić information content (AvgIpc) is 2.89. The highest BCUT2D eigenvalue weighted by Crippen LogP contribution is 2.34. The molecule has 2 aromatic rings. The summed E-state index contributed by atoms with van der Waals surface area (Å²) < 4.78 is 0. The number of rotatable bonds is 4. The molecule has 0 bridgehead atoms. The zero-order valence-corrected chi connectivity index (χ0v) is 11.3. The quantitative estimate of drug-likeness (QED) is 0.833. The molecule has 98 valence electrons. The Kier molecular flexibility index (Phi) is 3.41. The molecule has 0 unspecified atom stereocenters. The van der Waals surface area contributed by atoms with E-state index in [0.29, 0.717) is 0 Å². The molecule has 0 aromatic heterocycles. The number of aryl methyl sites for hydroxylation is 1. The number of benzene rings is 2. The van der Waals surface area contributed by atoms with E-state index in [9.17, 15) is 0 Å². The van der Waals surface area contributed by atoms with E-state index >= 15 is 0 Å². The minimum atomic E-state index is 0.192. The van der Waals surface area contributed by atoms with Gasteiger partial charge in [0, 0.05) is 0 Å². The Bertz CT molecular complexity index is 520. The van der Waals surface area contributed by atoms with Gasteiger partial charge in [0.1, 0.15) is 6.17 Å². The second-order valence-electron chi connectivity index (χ2n) is 5.11. The van der Waals surface area contributed by atoms with Crippen LogP contribution in [-0.2, 0) is 6.42 Å². The molecular formula is C17H20N2. The Balaban J connectivity index is 1.71. The summed E-state index contributed by atoms with van der Waals surface area (Å²) in [4.78, 5) is 0. The summed E-state index contributed by atoms with van der Waals surface area (Å²) in [5, 5.41) is 7.00. The summed E-state index contributed by atoms with van der Waals surface area (Å²) in [6.07, 6.45) is 3.90. The lowest BCUT2D eigenvalue weighted by molar-refractivity contribution is 0.794. The third-order valence-corrected chi connectivity index (χ3v) is 3.66. The molecule has 1 aliphatic rings. The smallest absolute Gasteiger partial charge is 0.123 e. The maximum absolute atomic E-state index is 3.50. The van der Waals surface area contributed by atoms with Crippen LogP contribution in [-0.4, -0.2) is 0 Å². The summed E-state index contributed by atoms with van der Waals surface area (Å²) in [5.41, 5.74) is 5.09. The number of unbranched alkanes of at least 4 members (excludes halogenated alkanes) is 1. The summed E-state index contributed by atoms with van der Waals surface area (Å²) in [6.45, 7) is 2.23. The second-order valence-corrected chi connectivity index (χ2v) is 5.11. The van der Waals surface area contributed by atoms with Crippen LogP contribution < -0.4 is 10.6 Å². The molecule has 1 aliphatic heterocycles. The number of hydrogen-bond donors (Lipinski definition) is 2. The highest BCUT2D eigenvalue weighted by molar-refractivity contribution is 5.74. The Morgan fingerprint density at radius 2 is 1.53 bits per heavy atom. The first-order valence-corrected chi connectivity index (χ1v) is 7.08. The van der Waals surface area contributed by atoms with Gasteiger partial charge in [0.05, 0.1) is 11.4 Å². The highest BCUT2D eigenvalue weighted by atomic mass is 15.2. The van der Waals surface area contributed by atoms with Crippen LogP contribution in [0.25, 0.3) is 0 Å². The van der Waals surface area contributed by atoms with Gasteiger partial charge in [0.15, 0.2) is 0 Å². The lowest BCUT2D eigenvalue weighted by Gasteiger charge is -2.13. The number of anilines is 2. The van der Waals surface area contributed by atoms with Crippen LogP contribution in [0.5, 0.6) is 0 Å². The van der Waals surface area contributed by atoms with Crippen LogP contribution in [0.1, 0.15) is 37.1 Å². The van der Waals surface area contributed by atoms with Crippen molar-refractivity contribution in [3.05, 3.63) is 59.7 Å². The molecule has 0 saturated heterocycles. The van der Waals surface area contributed by atoms with Gasteiger partial charge in [-0.2, -0.15) is 0 Å². The minimum Gasteiger partial charge on any atom is -0.360 e. The van der Waals surface area contributed by atoms with Crippen LogP contribution in [0, 0.1) is 0 Å². The molecule has 2 aromatic carbocycles. The van der Waals surface area contributed by atoms with Crippen molar-refractivity contribution in [1.29, 1.82) is 0 Å². The summed E-state index contributed by atoms with van der Waals surface area (Å²) in [5.74, 6) is 0. The lowest BCUT2D eigenvalue weighted by Crippen LogP contribution is -2.11. The van der Waals surface area contributed by atoms with Gasteiger partial charge in [-0.05, 0) is 36.1 Å². The third kappa shape index (κ3) is 2.58. The molecule has 0 aliphatic carbocycles. The SMILES string of the molecule is CCCCc1ccc(C2Nc3ccccc3N2)cc1. The van der Waals surface area contributed by atoms with Crippen molar-refractivity contribution >= 4 is 11.4 Å². The van der Waals surface area contributed by atoms with Gasteiger partial charge in [-0.1, -0.05) is 49.7 Å². The molecular weight excluding hydrogens is 232 g/mol. The van der Waals surface area contributed by atoms with Crippen LogP contribution >= 0.6 is 0 Å². The normalized spacial score (nSPS) is 13.7. The van der Waals surface area contributed by atoms with E-state index in [1.807, 2.05) is 0 Å². The maximum atomic E-state index is 3.50. The minimum absolute atomic E-state index is 0.192. The Morgan fingerprint density at radius 1 is 0.895 bits per heavy atom. The van der Waals surface area contributed by atoms with E-state index in [1.165, 1.54) is 41.8 Å². The molecule has 0 fully saturated rings. The zero-order chi connectivity index (χ0) is 13.1. The van der Waals surface area contributed by atoms with E-state index in [4.69, 9.17) is 0 Å². The highest BCUT2D eigenvalue weighted by Gasteiger charge is 2.19. The number of nitrogens with one attached hydrogen (secondary N) is 2. The third-order valence-electron chi connectivity index (χ3n) is 3.66. The molecule has 0 amide bonds. The molecule has 0 radical (unpaired) electrons. The van der Waals surface area contributed by atoms with Crippen LogP contribution in [0.15, 0.2) is 48.5 Å². The van der Waals surface area contributed by atoms with Crippen molar-refractivity contribution in [3.8, 4) is 0 Å². The fourth-order valence-corrected chi connectivity index (χ4v) is 2.51. The standard InChI is InChI=1S/C17H20N2/c1-2-3-6-13-9-11-14(12-10-13)17-18-15-7-4-5-8-16(15)19-17/h4-5,7-12,17-19H,2-3,6H2,1H3. The number of fused-ring (bicyclic) bond motifs is 1. The first kappa shape index (κ1) is 12.1. The predicted molar refractivity (Wildman–Crippen MR) is 81.5 cm³/mol. The first-order chi connectivity index (χ1) is 9.36. The van der Waals surface area contributed by atoms with Crippen LogP contribution in [0.3, 0.4) is 0 Å². The van der Waals surface area contributed by atoms with E-state index < -0.39 is 0 Å². The van der Waals surface area contributed by atoms with E-state index in [1.54, 1.807) is 0 Å². The molecule has 1 heterocycles. The van der Waals surface area contributed by atoms with Gasteiger partial charge in [-0.15, -0.1) is 0 Å². The fraction of sp³-hybridized carbons (Fsp3) is 0.294. The number of hydrogen-bond acceptors (Lipinski definition) is 2. The van der Waals surface area contributed by atoms with Crippen LogP contribution in [0.4, 0.5) is 11.4 Å². The molecule has 2 heteroatoms. The molecule has 0 saturated carbocycles. The van der Waals surface area contributed by atoms with Gasteiger partial charge < -0.3 is 10.6 Å². The Labute approximate surface area is 114 Å². The molecule has 3 rings (SSSR count). The Hall–Kier alpha value is -1.96. The average molecular weight is 252 g/mol. The van der Waals surface area contributed by atoms with Gasteiger partial charge in [0.2, 0.25) is 0 Å². The molecule has 2 N–H and O–H groups in total. The molecule has 19 heavy (non-hydrogen) atoms. The van der Waals surface area contributed by atoms with Crippen molar-refractivity contribution in [2.75, 3.05) is 10.6 Å². The zero-order valence-electron chi connectivity index (χ0n) is 11.3. The van der Waals surface area contributed by atoms with Gasteiger partial charge in [-0.25, -0.2) is 0 Å². The van der Waals surface area contributed by atoms with E-state index in [-0.39, 0.29) is 6.17 Å². The monoisotopic (exact) mass is 252 g/mol. The van der Waals surface area contributed by atoms with Gasteiger partial charge >= 0.3 is 0 Å². The Morgan fingerprint density at radius 3 is 2.11 bits per heavy atom. The van der Waals surface area contributed by atoms with Gasteiger partial charge in [-0.3, -0.25) is 0 Å². The van der Waals surface area contributed by atoms with Crippen molar-refractivity contribution in [2.45, 2.75) is 32.4 Å². The maximum Gasteiger partial charge on any atom is 0.123 e. The van der Waals surface area contributed by atoms with Gasteiger partial charge in [0.25, 0.3) is 0 Å². The molecule has 0 atom stereocenters. The second kappa shape index (κ2) is 5.35. The van der Waals surface area contributed by atoms with Crippen molar-refractivity contribution in [2.24, 2.45) is 0 Å². The largest absolute Gasteiger partial charge is 0.360 e. The lowest BCUT2D eigenvalue weighted by atomic mass is 10.1. The summed E-state index contributed by atoms with van der Waals surface area (Å²) >= 11 is 0. The van der Waals surface area contributed by atoms with Crippen molar-refractivity contribution in [1.82, 2.24) is 0 Å². The summed E-state index contributed by atoms with van der Waals surface area (Å²) in [7, 11) is 0. The van der Waals surface area contributed by atoms with Crippen molar-refractivity contribution < 1.29 is 0 Å². The molecule has 0 spiro atoms. The first-order valence-electron chi connectivity index (χ1n) is 7.08. The van der Waals surface area contributed by atoms with E-state index in [2.05, 4.69) is 66.1 Å². The van der Waals surface area contributed by atoms with Crippen molar-refractivity contribution in [3.63, 3.8) is 0 Å². The molecule has 2 nitrogen and oxygen atoms in total.